The van der Waals surface area contributed by atoms with E-state index in [4.69, 9.17) is 5.14 Å². The lowest BCUT2D eigenvalue weighted by Gasteiger charge is -2.10. The second kappa shape index (κ2) is 9.69. The van der Waals surface area contributed by atoms with Crippen LogP contribution in [-0.2, 0) is 21.4 Å². The number of benzene rings is 2. The van der Waals surface area contributed by atoms with Crippen LogP contribution in [0.1, 0.15) is 6.92 Å². The Morgan fingerprint density at radius 1 is 1.27 bits per heavy atom. The number of hydrogen-bond acceptors (Lipinski definition) is 6. The Labute approximate surface area is 184 Å². The summed E-state index contributed by atoms with van der Waals surface area (Å²) in [6.45, 7) is 6.32. The highest BCUT2D eigenvalue weighted by atomic mass is 32.2. The van der Waals surface area contributed by atoms with Gasteiger partial charge < -0.3 is 9.88 Å². The van der Waals surface area contributed by atoms with Crippen LogP contribution >= 0.6 is 23.5 Å². The van der Waals surface area contributed by atoms with E-state index in [9.17, 15) is 13.2 Å². The number of fused-ring (bicyclic) bond motifs is 1. The number of thioether (sulfide) groups is 2. The summed E-state index contributed by atoms with van der Waals surface area (Å²) in [4.78, 5) is 18.0. The molecule has 158 valence electrons. The maximum Gasteiger partial charge on any atom is 0.238 e. The normalized spacial score (nSPS) is 11.5. The highest BCUT2D eigenvalue weighted by Crippen LogP contribution is 2.28. The molecule has 30 heavy (non-hydrogen) atoms. The third-order valence-electron chi connectivity index (χ3n) is 4.18. The van der Waals surface area contributed by atoms with Gasteiger partial charge in [0.05, 0.1) is 27.4 Å². The molecule has 3 rings (SSSR count). The van der Waals surface area contributed by atoms with Crippen LogP contribution in [0.15, 0.2) is 70.1 Å². The summed E-state index contributed by atoms with van der Waals surface area (Å²) < 4.78 is 25.1. The summed E-state index contributed by atoms with van der Waals surface area (Å²) in [5, 5.41) is 8.80. The third-order valence-corrected chi connectivity index (χ3v) is 7.14. The van der Waals surface area contributed by atoms with Gasteiger partial charge in [0, 0.05) is 17.2 Å². The highest BCUT2D eigenvalue weighted by Gasteiger charge is 2.16. The third kappa shape index (κ3) is 5.25. The van der Waals surface area contributed by atoms with Crippen molar-refractivity contribution in [2.75, 3.05) is 16.8 Å². The first-order chi connectivity index (χ1) is 14.3. The number of rotatable bonds is 9. The van der Waals surface area contributed by atoms with E-state index in [2.05, 4.69) is 16.9 Å². The van der Waals surface area contributed by atoms with Gasteiger partial charge in [0.25, 0.3) is 0 Å². The summed E-state index contributed by atoms with van der Waals surface area (Å²) in [6, 6.07) is 12.2. The molecule has 0 unspecified atom stereocenters. The molecule has 3 aromatic rings. The minimum absolute atomic E-state index is 0.0127. The van der Waals surface area contributed by atoms with Crippen molar-refractivity contribution in [2.24, 2.45) is 5.14 Å². The molecular formula is C20H22N4O3S3. The van der Waals surface area contributed by atoms with Gasteiger partial charge in [0.15, 0.2) is 5.16 Å². The number of carbonyl (C=O) groups excluding carboxylic acids is 1. The monoisotopic (exact) mass is 462 g/mol. The van der Waals surface area contributed by atoms with Crippen LogP contribution in [0.25, 0.3) is 11.0 Å². The fourth-order valence-electron chi connectivity index (χ4n) is 2.84. The minimum Gasteiger partial charge on any atom is -0.324 e. The summed E-state index contributed by atoms with van der Waals surface area (Å²) in [5.74, 6) is 0.778. The first-order valence-corrected chi connectivity index (χ1v) is 12.6. The summed E-state index contributed by atoms with van der Waals surface area (Å²) in [5.41, 5.74) is 2.08. The summed E-state index contributed by atoms with van der Waals surface area (Å²) in [6.07, 6.45) is 1.82. The number of carbonyl (C=O) groups is 1. The van der Waals surface area contributed by atoms with E-state index in [1.165, 1.54) is 23.9 Å². The molecule has 0 aliphatic rings. The number of aromatic nitrogens is 2. The van der Waals surface area contributed by atoms with E-state index >= 15 is 0 Å². The van der Waals surface area contributed by atoms with Gasteiger partial charge in [-0.2, -0.15) is 0 Å². The van der Waals surface area contributed by atoms with Crippen molar-refractivity contribution < 1.29 is 13.2 Å². The van der Waals surface area contributed by atoms with Crippen LogP contribution in [0.2, 0.25) is 0 Å². The molecule has 0 atom stereocenters. The van der Waals surface area contributed by atoms with Gasteiger partial charge in [-0.25, -0.2) is 18.5 Å². The Morgan fingerprint density at radius 3 is 2.73 bits per heavy atom. The first kappa shape index (κ1) is 22.4. The van der Waals surface area contributed by atoms with Gasteiger partial charge in [0.2, 0.25) is 15.9 Å². The fourth-order valence-corrected chi connectivity index (χ4v) is 5.00. The number of aryl methyl sites for hydroxylation is 1. The maximum absolute atomic E-state index is 12.5. The van der Waals surface area contributed by atoms with Crippen molar-refractivity contribution in [3.05, 3.63) is 55.1 Å². The van der Waals surface area contributed by atoms with Crippen LogP contribution in [0, 0.1) is 0 Å². The minimum atomic E-state index is -3.80. The number of nitrogens with zero attached hydrogens (tertiary/aromatic N) is 2. The van der Waals surface area contributed by atoms with Crippen molar-refractivity contribution in [2.45, 2.75) is 28.4 Å². The summed E-state index contributed by atoms with van der Waals surface area (Å²) in [7, 11) is -3.80. The van der Waals surface area contributed by atoms with Crippen LogP contribution < -0.4 is 10.5 Å². The number of nitrogens with one attached hydrogen (secondary N) is 1. The number of primary sulfonamides is 1. The number of hydrogen-bond donors (Lipinski definition) is 2. The van der Waals surface area contributed by atoms with Crippen molar-refractivity contribution in [1.29, 1.82) is 0 Å². The fraction of sp³-hybridized carbons (Fsp3) is 0.200. The molecule has 0 bridgehead atoms. The molecule has 0 aliphatic carbocycles. The van der Waals surface area contributed by atoms with Gasteiger partial charge >= 0.3 is 0 Å². The van der Waals surface area contributed by atoms with E-state index in [-0.39, 0.29) is 16.6 Å². The smallest absolute Gasteiger partial charge is 0.238 e. The zero-order chi connectivity index (χ0) is 21.7. The average molecular weight is 463 g/mol. The largest absolute Gasteiger partial charge is 0.324 e. The van der Waals surface area contributed by atoms with Crippen LogP contribution in [0.5, 0.6) is 0 Å². The molecule has 1 amide bonds. The van der Waals surface area contributed by atoms with Crippen LogP contribution in [-0.4, -0.2) is 35.4 Å². The van der Waals surface area contributed by atoms with Gasteiger partial charge in [0.1, 0.15) is 0 Å². The standard InChI is InChI=1S/C20H22N4O3S3/c1-3-11-28-18-8-6-5-7-15(18)22-19(25)13-29-20-23-16-12-14(30(21,26)27)9-10-17(16)24(20)4-2/h3,5-10,12H,1,4,11,13H2,2H3,(H,22,25)(H2,21,26,27). The second-order valence-corrected chi connectivity index (χ2v) is 9.83. The SMILES string of the molecule is C=CCSc1ccccc1NC(=O)CSc1nc2cc(S(N)(=O)=O)ccc2n1CC. The van der Waals surface area contributed by atoms with E-state index in [0.717, 1.165) is 21.9 Å². The van der Waals surface area contributed by atoms with Gasteiger partial charge in [-0.3, -0.25) is 4.79 Å². The van der Waals surface area contributed by atoms with Crippen LogP contribution in [0.4, 0.5) is 5.69 Å². The molecule has 0 saturated heterocycles. The van der Waals surface area contributed by atoms with Crippen molar-refractivity contribution >= 4 is 56.2 Å². The first-order valence-electron chi connectivity index (χ1n) is 9.12. The molecule has 1 heterocycles. The van der Waals surface area contributed by atoms with Gasteiger partial charge in [-0.1, -0.05) is 30.0 Å². The number of imidazole rings is 1. The van der Waals surface area contributed by atoms with Gasteiger partial charge in [-0.15, -0.1) is 18.3 Å². The van der Waals surface area contributed by atoms with Crippen molar-refractivity contribution in [1.82, 2.24) is 9.55 Å². The van der Waals surface area contributed by atoms with E-state index < -0.39 is 10.0 Å². The number of para-hydroxylation sites is 1. The number of anilines is 1. The Bertz CT molecular complexity index is 1190. The maximum atomic E-state index is 12.5. The molecule has 3 N–H and O–H groups in total. The summed E-state index contributed by atoms with van der Waals surface area (Å²) >= 11 is 2.90. The van der Waals surface area contributed by atoms with Gasteiger partial charge in [-0.05, 0) is 37.3 Å². The number of sulfonamides is 1. The molecule has 1 aromatic heterocycles. The average Bonchev–Trinajstić information content (AvgIpc) is 3.07. The zero-order valence-corrected chi connectivity index (χ0v) is 18.8. The predicted octanol–water partition coefficient (Wildman–Crippen LogP) is 3.71. The second-order valence-electron chi connectivity index (χ2n) is 6.27. The lowest BCUT2D eigenvalue weighted by molar-refractivity contribution is -0.113. The number of nitrogens with two attached hydrogens (primary N) is 1. The topological polar surface area (TPSA) is 107 Å². The molecule has 0 radical (unpaired) electrons. The molecule has 0 spiro atoms. The molecular weight excluding hydrogens is 440 g/mol. The molecule has 0 fully saturated rings. The predicted molar refractivity (Wildman–Crippen MR) is 123 cm³/mol. The van der Waals surface area contributed by atoms with Crippen molar-refractivity contribution in [3.63, 3.8) is 0 Å². The Kier molecular flexibility index (Phi) is 7.24. The lowest BCUT2D eigenvalue weighted by atomic mass is 10.3. The highest BCUT2D eigenvalue weighted by molar-refractivity contribution is 8.00. The number of amides is 1. The molecule has 0 aliphatic heterocycles. The molecule has 7 nitrogen and oxygen atoms in total. The van der Waals surface area contributed by atoms with E-state index in [0.29, 0.717) is 17.2 Å². The van der Waals surface area contributed by atoms with Crippen molar-refractivity contribution in [3.8, 4) is 0 Å². The Hall–Kier alpha value is -2.27. The van der Waals surface area contributed by atoms with E-state index in [1.807, 2.05) is 41.8 Å². The van der Waals surface area contributed by atoms with Crippen LogP contribution in [0.3, 0.4) is 0 Å². The molecule has 10 heteroatoms. The quantitative estimate of drug-likeness (QED) is 0.371. The Balaban J connectivity index is 1.75. The zero-order valence-electron chi connectivity index (χ0n) is 16.4. The lowest BCUT2D eigenvalue weighted by Crippen LogP contribution is -2.15. The van der Waals surface area contributed by atoms with E-state index in [1.54, 1.807) is 17.8 Å². The molecule has 2 aromatic carbocycles. The molecule has 0 saturated carbocycles. The Morgan fingerprint density at radius 2 is 2.03 bits per heavy atom.